The van der Waals surface area contributed by atoms with Gasteiger partial charge in [0.15, 0.2) is 23.0 Å². The first kappa shape index (κ1) is 24.2. The van der Waals surface area contributed by atoms with E-state index in [1.165, 1.54) is 15.9 Å². The zero-order valence-electron chi connectivity index (χ0n) is 21.6. The molecular weight excluding hydrogens is 518 g/mol. The zero-order valence-corrected chi connectivity index (χ0v) is 21.6. The molecule has 2 aromatic carbocycles. The molecule has 0 radical (unpaired) electrons. The van der Waals surface area contributed by atoms with Crippen molar-refractivity contribution in [1.82, 2.24) is 14.8 Å². The molecule has 0 N–H and O–H groups in total. The summed E-state index contributed by atoms with van der Waals surface area (Å²) < 4.78 is 23.5. The number of aryl methyl sites for hydroxylation is 1. The van der Waals surface area contributed by atoms with Crippen molar-refractivity contribution in [3.8, 4) is 23.0 Å². The van der Waals surface area contributed by atoms with Gasteiger partial charge in [-0.25, -0.2) is 5.01 Å². The number of amides is 1. The van der Waals surface area contributed by atoms with Crippen molar-refractivity contribution in [2.75, 3.05) is 13.6 Å². The number of fused-ring (bicyclic) bond motifs is 3. The summed E-state index contributed by atoms with van der Waals surface area (Å²) in [6, 6.07) is 10.8. The van der Waals surface area contributed by atoms with Gasteiger partial charge in [0.1, 0.15) is 6.20 Å². The lowest BCUT2D eigenvalue weighted by Crippen LogP contribution is -2.32. The highest BCUT2D eigenvalue weighted by molar-refractivity contribution is 6.09. The van der Waals surface area contributed by atoms with Gasteiger partial charge in [0.05, 0.1) is 16.7 Å². The topological polar surface area (TPSA) is 131 Å². The Balaban J connectivity index is 1.32. The molecule has 12 nitrogen and oxygen atoms in total. The smallest absolute Gasteiger partial charge is 0.320 e. The van der Waals surface area contributed by atoms with E-state index >= 15 is 0 Å². The molecule has 204 valence electrons. The number of hydrogen-bond acceptors (Lipinski definition) is 9. The van der Waals surface area contributed by atoms with E-state index in [0.29, 0.717) is 29.5 Å². The van der Waals surface area contributed by atoms with Gasteiger partial charge in [-0.3, -0.25) is 19.6 Å². The number of carbonyl (C=O) groups excluding carboxylic acids is 1. The van der Waals surface area contributed by atoms with Gasteiger partial charge in [-0.05, 0) is 73.2 Å². The average molecular weight is 544 g/mol. The van der Waals surface area contributed by atoms with Crippen LogP contribution in [0.1, 0.15) is 53.8 Å². The van der Waals surface area contributed by atoms with E-state index in [4.69, 9.17) is 24.0 Å². The lowest BCUT2D eigenvalue weighted by Gasteiger charge is -2.29. The number of nitrogens with zero attached hydrogens (tertiary/aromatic N) is 5. The molecule has 1 aliphatic carbocycles. The Morgan fingerprint density at radius 3 is 2.55 bits per heavy atom. The Kier molecular flexibility index (Phi) is 5.68. The van der Waals surface area contributed by atoms with Crippen LogP contribution in [0.2, 0.25) is 0 Å². The van der Waals surface area contributed by atoms with Crippen LogP contribution in [0.15, 0.2) is 53.3 Å². The molecule has 1 amide bonds. The third-order valence-corrected chi connectivity index (χ3v) is 7.65. The van der Waals surface area contributed by atoms with Gasteiger partial charge < -0.3 is 18.9 Å². The summed E-state index contributed by atoms with van der Waals surface area (Å²) in [7, 11) is 0. The summed E-state index contributed by atoms with van der Waals surface area (Å²) in [6.07, 6.45) is 5.82. The number of allylic oxidation sites excluding steroid dienone is 1. The van der Waals surface area contributed by atoms with Gasteiger partial charge in [-0.15, -0.1) is 0 Å². The third-order valence-electron chi connectivity index (χ3n) is 7.65. The van der Waals surface area contributed by atoms with Crippen LogP contribution < -0.4 is 18.9 Å². The minimum absolute atomic E-state index is 0.120. The van der Waals surface area contributed by atoms with Crippen molar-refractivity contribution >= 4 is 23.4 Å². The minimum atomic E-state index is -0.620. The lowest BCUT2D eigenvalue weighted by molar-refractivity contribution is -0.385. The van der Waals surface area contributed by atoms with Crippen LogP contribution in [-0.4, -0.2) is 44.9 Å². The standard InChI is InChI=1S/C28H25N5O7/c1-2-31-13-20(33(35)36)26(29-31)28(34)32-27(18-7-9-22-24(12-18)40-15-38-22)19-5-3-4-17(25(19)30-32)10-16-6-8-21-23(11-16)39-14-37-21/h6-13,19,27H,2-5,14-15H2,1H3/b17-10+. The highest BCUT2D eigenvalue weighted by Crippen LogP contribution is 2.47. The predicted molar refractivity (Wildman–Crippen MR) is 141 cm³/mol. The normalized spacial score (nSPS) is 21.5. The van der Waals surface area contributed by atoms with E-state index in [1.54, 1.807) is 6.92 Å². The van der Waals surface area contributed by atoms with Gasteiger partial charge in [-0.1, -0.05) is 12.1 Å². The zero-order chi connectivity index (χ0) is 27.4. The summed E-state index contributed by atoms with van der Waals surface area (Å²) >= 11 is 0. The molecular formula is C28H25N5O7. The van der Waals surface area contributed by atoms with E-state index in [2.05, 4.69) is 11.2 Å². The van der Waals surface area contributed by atoms with E-state index < -0.39 is 16.9 Å². The maximum atomic E-state index is 14.0. The number of ether oxygens (including phenoxy) is 4. The van der Waals surface area contributed by atoms with Gasteiger partial charge in [-0.2, -0.15) is 10.2 Å². The van der Waals surface area contributed by atoms with Crippen molar-refractivity contribution in [1.29, 1.82) is 0 Å². The molecule has 1 saturated carbocycles. The summed E-state index contributed by atoms with van der Waals surface area (Å²) in [5.41, 5.74) is 2.96. The van der Waals surface area contributed by atoms with Gasteiger partial charge in [0.25, 0.3) is 0 Å². The molecule has 1 aromatic heterocycles. The molecule has 12 heteroatoms. The first-order chi connectivity index (χ1) is 19.5. The second-order valence-corrected chi connectivity index (χ2v) is 9.95. The largest absolute Gasteiger partial charge is 0.454 e. The first-order valence-corrected chi connectivity index (χ1v) is 13.1. The van der Waals surface area contributed by atoms with E-state index in [9.17, 15) is 14.9 Å². The fourth-order valence-corrected chi connectivity index (χ4v) is 5.77. The maximum Gasteiger partial charge on any atom is 0.320 e. The van der Waals surface area contributed by atoms with Crippen LogP contribution in [0.3, 0.4) is 0 Å². The van der Waals surface area contributed by atoms with E-state index in [1.807, 2.05) is 36.4 Å². The second-order valence-electron chi connectivity index (χ2n) is 9.95. The van der Waals surface area contributed by atoms with E-state index in [-0.39, 0.29) is 30.9 Å². The fraction of sp³-hybridized carbons (Fsp3) is 0.321. The minimum Gasteiger partial charge on any atom is -0.454 e. The van der Waals surface area contributed by atoms with Crippen LogP contribution in [0.4, 0.5) is 5.69 Å². The number of aromatic nitrogens is 2. The van der Waals surface area contributed by atoms with Crippen molar-refractivity contribution < 1.29 is 28.7 Å². The van der Waals surface area contributed by atoms with Gasteiger partial charge >= 0.3 is 11.6 Å². The highest BCUT2D eigenvalue weighted by atomic mass is 16.7. The summed E-state index contributed by atoms with van der Waals surface area (Å²) in [5, 5.41) is 22.3. The maximum absolute atomic E-state index is 14.0. The quantitative estimate of drug-likeness (QED) is 0.334. The van der Waals surface area contributed by atoms with Crippen molar-refractivity contribution in [2.24, 2.45) is 11.0 Å². The number of hydrogen-bond donors (Lipinski definition) is 0. The second kappa shape index (κ2) is 9.40. The number of rotatable bonds is 5. The molecule has 0 saturated heterocycles. The molecule has 2 unspecified atom stereocenters. The monoisotopic (exact) mass is 543 g/mol. The van der Waals surface area contributed by atoms with Crippen LogP contribution >= 0.6 is 0 Å². The Morgan fingerprint density at radius 1 is 1.07 bits per heavy atom. The Hall–Kier alpha value is -4.87. The summed E-state index contributed by atoms with van der Waals surface area (Å²) in [5.74, 6) is 1.87. The number of carbonyl (C=O) groups is 1. The average Bonchev–Trinajstić information content (AvgIpc) is 3.76. The van der Waals surface area contributed by atoms with Crippen LogP contribution in [0.25, 0.3) is 6.08 Å². The molecule has 3 aromatic rings. The Morgan fingerprint density at radius 2 is 1.80 bits per heavy atom. The van der Waals surface area contributed by atoms with Crippen molar-refractivity contribution in [3.05, 3.63) is 75.1 Å². The summed E-state index contributed by atoms with van der Waals surface area (Å²) in [6.45, 7) is 2.51. The molecule has 0 spiro atoms. The van der Waals surface area contributed by atoms with Crippen LogP contribution in [0.5, 0.6) is 23.0 Å². The number of nitro groups is 1. The lowest BCUT2D eigenvalue weighted by atomic mass is 9.77. The Labute approximate surface area is 228 Å². The van der Waals surface area contributed by atoms with Crippen LogP contribution in [0, 0.1) is 16.0 Å². The van der Waals surface area contributed by atoms with Crippen LogP contribution in [-0.2, 0) is 6.54 Å². The molecule has 4 heterocycles. The molecule has 1 fully saturated rings. The van der Waals surface area contributed by atoms with Gasteiger partial charge in [0, 0.05) is 12.5 Å². The van der Waals surface area contributed by atoms with E-state index in [0.717, 1.165) is 41.7 Å². The molecule has 0 bridgehead atoms. The number of benzene rings is 2. The molecule has 2 atom stereocenters. The predicted octanol–water partition coefficient (Wildman–Crippen LogP) is 4.71. The van der Waals surface area contributed by atoms with Crippen molar-refractivity contribution in [3.63, 3.8) is 0 Å². The molecule has 4 aliphatic rings. The molecule has 40 heavy (non-hydrogen) atoms. The SMILES string of the molecule is CCn1cc([N+](=O)[O-])c(C(=O)N2N=C3/C(=C/c4ccc5c(c4)OCO5)CCCC3C2c2ccc3c(c2)OCO3)n1. The van der Waals surface area contributed by atoms with Crippen molar-refractivity contribution in [2.45, 2.75) is 38.8 Å². The highest BCUT2D eigenvalue weighted by Gasteiger charge is 2.46. The summed E-state index contributed by atoms with van der Waals surface area (Å²) in [4.78, 5) is 25.2. The van der Waals surface area contributed by atoms with Gasteiger partial charge in [0.2, 0.25) is 19.3 Å². The Bertz CT molecular complexity index is 1610. The number of hydrazone groups is 1. The third kappa shape index (κ3) is 3.94. The fourth-order valence-electron chi connectivity index (χ4n) is 5.77. The molecule has 3 aliphatic heterocycles. The molecule has 7 rings (SSSR count). The first-order valence-electron chi connectivity index (χ1n) is 13.1.